The van der Waals surface area contributed by atoms with E-state index in [-0.39, 0.29) is 6.42 Å². The number of carboxylic acids is 1. The highest BCUT2D eigenvalue weighted by Gasteiger charge is 2.14. The standard InChI is InChI=1S/C11H12O5/c1-15-9-4-7(6-12)3-8(5-10(13)14)11(9)16-2/h3-4,6H,5H2,1-2H3,(H,13,14). The van der Waals surface area contributed by atoms with E-state index in [1.54, 1.807) is 0 Å². The summed E-state index contributed by atoms with van der Waals surface area (Å²) in [6.07, 6.45) is 0.411. The highest BCUT2D eigenvalue weighted by molar-refractivity contribution is 5.79. The molecule has 16 heavy (non-hydrogen) atoms. The van der Waals surface area contributed by atoms with Crippen LogP contribution in [0.15, 0.2) is 12.1 Å². The summed E-state index contributed by atoms with van der Waals surface area (Å²) in [7, 11) is 2.85. The van der Waals surface area contributed by atoms with E-state index in [1.807, 2.05) is 0 Å². The number of carbonyl (C=O) groups is 2. The van der Waals surface area contributed by atoms with Gasteiger partial charge in [0.2, 0.25) is 0 Å². The van der Waals surface area contributed by atoms with Gasteiger partial charge in [0.05, 0.1) is 20.6 Å². The van der Waals surface area contributed by atoms with E-state index in [0.717, 1.165) is 0 Å². The number of rotatable bonds is 5. The first-order valence-corrected chi connectivity index (χ1v) is 4.54. The topological polar surface area (TPSA) is 72.8 Å². The Morgan fingerprint density at radius 1 is 1.38 bits per heavy atom. The molecule has 0 spiro atoms. The first-order valence-electron chi connectivity index (χ1n) is 4.54. The number of aliphatic carboxylic acids is 1. The number of aldehydes is 1. The zero-order valence-corrected chi connectivity index (χ0v) is 9.02. The van der Waals surface area contributed by atoms with Crippen LogP contribution in [0.1, 0.15) is 15.9 Å². The molecule has 0 amide bonds. The average molecular weight is 224 g/mol. The Kier molecular flexibility index (Phi) is 3.88. The molecule has 0 radical (unpaired) electrons. The second-order valence-electron chi connectivity index (χ2n) is 3.10. The minimum absolute atomic E-state index is 0.221. The van der Waals surface area contributed by atoms with Crippen molar-refractivity contribution >= 4 is 12.3 Å². The first-order chi connectivity index (χ1) is 7.62. The molecule has 1 aromatic carbocycles. The van der Waals surface area contributed by atoms with Gasteiger partial charge in [-0.05, 0) is 12.1 Å². The Balaban J connectivity index is 3.30. The Bertz CT molecular complexity index is 411. The van der Waals surface area contributed by atoms with Crippen LogP contribution in [0.4, 0.5) is 0 Å². The minimum atomic E-state index is -0.997. The molecule has 0 aliphatic carbocycles. The Labute approximate surface area is 92.6 Å². The predicted octanol–water partition coefficient (Wildman–Crippen LogP) is 1.14. The zero-order valence-electron chi connectivity index (χ0n) is 9.02. The van der Waals surface area contributed by atoms with Crippen LogP contribution in [0.3, 0.4) is 0 Å². The summed E-state index contributed by atoms with van der Waals surface area (Å²) < 4.78 is 10.1. The van der Waals surface area contributed by atoms with Gasteiger partial charge in [-0.1, -0.05) is 0 Å². The summed E-state index contributed by atoms with van der Waals surface area (Å²) in [5, 5.41) is 8.73. The molecule has 0 aliphatic heterocycles. The Morgan fingerprint density at radius 2 is 2.06 bits per heavy atom. The third-order valence-electron chi connectivity index (χ3n) is 2.06. The lowest BCUT2D eigenvalue weighted by Gasteiger charge is -2.12. The molecule has 1 aromatic rings. The van der Waals surface area contributed by atoms with E-state index >= 15 is 0 Å². The average Bonchev–Trinajstić information content (AvgIpc) is 2.27. The first kappa shape index (κ1) is 12.0. The van der Waals surface area contributed by atoms with Crippen LogP contribution in [-0.2, 0) is 11.2 Å². The monoisotopic (exact) mass is 224 g/mol. The number of benzene rings is 1. The molecule has 0 heterocycles. The molecular formula is C11H12O5. The smallest absolute Gasteiger partial charge is 0.307 e. The van der Waals surface area contributed by atoms with Crippen molar-refractivity contribution in [2.75, 3.05) is 14.2 Å². The molecular weight excluding hydrogens is 212 g/mol. The lowest BCUT2D eigenvalue weighted by Crippen LogP contribution is -2.04. The Hall–Kier alpha value is -2.04. The number of carboxylic acid groups (broad SMARTS) is 1. The van der Waals surface area contributed by atoms with Crippen molar-refractivity contribution in [2.45, 2.75) is 6.42 Å². The van der Waals surface area contributed by atoms with Gasteiger partial charge in [-0.3, -0.25) is 9.59 Å². The van der Waals surface area contributed by atoms with Crippen molar-refractivity contribution < 1.29 is 24.2 Å². The Morgan fingerprint density at radius 3 is 2.50 bits per heavy atom. The number of hydrogen-bond donors (Lipinski definition) is 1. The van der Waals surface area contributed by atoms with Crippen LogP contribution in [-0.4, -0.2) is 31.6 Å². The highest BCUT2D eigenvalue weighted by atomic mass is 16.5. The van der Waals surface area contributed by atoms with Crippen LogP contribution in [0.25, 0.3) is 0 Å². The van der Waals surface area contributed by atoms with E-state index in [0.29, 0.717) is 28.9 Å². The zero-order chi connectivity index (χ0) is 12.1. The van der Waals surface area contributed by atoms with Gasteiger partial charge < -0.3 is 14.6 Å². The van der Waals surface area contributed by atoms with Gasteiger partial charge in [0.1, 0.15) is 6.29 Å². The molecule has 0 atom stereocenters. The highest BCUT2D eigenvalue weighted by Crippen LogP contribution is 2.32. The summed E-state index contributed by atoms with van der Waals surface area (Å²) in [6, 6.07) is 2.97. The fourth-order valence-corrected chi connectivity index (χ4v) is 1.43. The van der Waals surface area contributed by atoms with Gasteiger partial charge in [-0.2, -0.15) is 0 Å². The van der Waals surface area contributed by atoms with Gasteiger partial charge in [0.15, 0.2) is 11.5 Å². The van der Waals surface area contributed by atoms with E-state index < -0.39 is 5.97 Å². The third kappa shape index (κ3) is 2.50. The summed E-state index contributed by atoms with van der Waals surface area (Å²) >= 11 is 0. The number of methoxy groups -OCH3 is 2. The second kappa shape index (κ2) is 5.16. The molecule has 0 aliphatic rings. The SMILES string of the molecule is COc1cc(C=O)cc(CC(=O)O)c1OC. The van der Waals surface area contributed by atoms with Crippen molar-refractivity contribution in [1.29, 1.82) is 0 Å². The van der Waals surface area contributed by atoms with Crippen LogP contribution in [0.5, 0.6) is 11.5 Å². The van der Waals surface area contributed by atoms with Crippen LogP contribution >= 0.6 is 0 Å². The summed E-state index contributed by atoms with van der Waals surface area (Å²) in [5.41, 5.74) is 0.769. The maximum Gasteiger partial charge on any atom is 0.307 e. The van der Waals surface area contributed by atoms with Crippen molar-refractivity contribution in [2.24, 2.45) is 0 Å². The lowest BCUT2D eigenvalue weighted by molar-refractivity contribution is -0.136. The van der Waals surface area contributed by atoms with E-state index in [2.05, 4.69) is 0 Å². The van der Waals surface area contributed by atoms with Gasteiger partial charge in [0, 0.05) is 11.1 Å². The molecule has 1 rings (SSSR count). The maximum absolute atomic E-state index is 10.7. The molecule has 1 N–H and O–H groups in total. The van der Waals surface area contributed by atoms with Crippen LogP contribution < -0.4 is 9.47 Å². The number of ether oxygens (including phenoxy) is 2. The molecule has 0 bridgehead atoms. The number of carbonyl (C=O) groups excluding carboxylic acids is 1. The largest absolute Gasteiger partial charge is 0.493 e. The third-order valence-corrected chi connectivity index (χ3v) is 2.06. The van der Waals surface area contributed by atoms with Gasteiger partial charge >= 0.3 is 5.97 Å². The fraction of sp³-hybridized carbons (Fsp3) is 0.273. The maximum atomic E-state index is 10.7. The van der Waals surface area contributed by atoms with Crippen molar-refractivity contribution in [3.8, 4) is 11.5 Å². The quantitative estimate of drug-likeness (QED) is 0.759. The van der Waals surface area contributed by atoms with Crippen LogP contribution in [0, 0.1) is 0 Å². The molecule has 5 heteroatoms. The molecule has 0 fully saturated rings. The van der Waals surface area contributed by atoms with E-state index in [4.69, 9.17) is 14.6 Å². The van der Waals surface area contributed by atoms with Crippen molar-refractivity contribution in [1.82, 2.24) is 0 Å². The summed E-state index contributed by atoms with van der Waals surface area (Å²) in [6.45, 7) is 0. The molecule has 0 saturated heterocycles. The lowest BCUT2D eigenvalue weighted by atomic mass is 10.1. The predicted molar refractivity (Wildman–Crippen MR) is 56.3 cm³/mol. The molecule has 0 aromatic heterocycles. The normalized spacial score (nSPS) is 9.62. The summed E-state index contributed by atoms with van der Waals surface area (Å²) in [5.74, 6) is -0.303. The molecule has 5 nitrogen and oxygen atoms in total. The minimum Gasteiger partial charge on any atom is -0.493 e. The van der Waals surface area contributed by atoms with Gasteiger partial charge in [0.25, 0.3) is 0 Å². The van der Waals surface area contributed by atoms with E-state index in [9.17, 15) is 9.59 Å². The molecule has 0 unspecified atom stereocenters. The van der Waals surface area contributed by atoms with Crippen molar-refractivity contribution in [3.05, 3.63) is 23.3 Å². The second-order valence-corrected chi connectivity index (χ2v) is 3.10. The fourth-order valence-electron chi connectivity index (χ4n) is 1.43. The number of hydrogen-bond acceptors (Lipinski definition) is 4. The molecule has 0 saturated carbocycles. The van der Waals surface area contributed by atoms with Gasteiger partial charge in [-0.15, -0.1) is 0 Å². The van der Waals surface area contributed by atoms with Crippen LogP contribution in [0.2, 0.25) is 0 Å². The summed E-state index contributed by atoms with van der Waals surface area (Å²) in [4.78, 5) is 21.3. The van der Waals surface area contributed by atoms with E-state index in [1.165, 1.54) is 26.4 Å². The van der Waals surface area contributed by atoms with Gasteiger partial charge in [-0.25, -0.2) is 0 Å². The molecule has 86 valence electrons. The van der Waals surface area contributed by atoms with Crippen molar-refractivity contribution in [3.63, 3.8) is 0 Å².